The number of ketones is 1. The van der Waals surface area contributed by atoms with Crippen molar-refractivity contribution in [1.82, 2.24) is 5.32 Å². The van der Waals surface area contributed by atoms with Gasteiger partial charge < -0.3 is 15.5 Å². The molecule has 0 saturated carbocycles. The molecule has 0 heterocycles. The van der Waals surface area contributed by atoms with Gasteiger partial charge in [-0.05, 0) is 19.3 Å². The third kappa shape index (κ3) is 12.5. The van der Waals surface area contributed by atoms with Crippen LogP contribution in [0.3, 0.4) is 0 Å². The summed E-state index contributed by atoms with van der Waals surface area (Å²) in [6.07, 6.45) is 9.20. The van der Waals surface area contributed by atoms with Crippen LogP contribution in [-0.2, 0) is 14.4 Å². The Balaban J connectivity index is 3.74. The summed E-state index contributed by atoms with van der Waals surface area (Å²) >= 11 is 0. The van der Waals surface area contributed by atoms with Crippen molar-refractivity contribution >= 4 is 17.7 Å². The number of rotatable bonds is 15. The second kappa shape index (κ2) is 13.9. The van der Waals surface area contributed by atoms with Gasteiger partial charge in [-0.3, -0.25) is 9.59 Å². The van der Waals surface area contributed by atoms with Crippen molar-refractivity contribution in [2.75, 3.05) is 6.61 Å². The quantitative estimate of drug-likeness (QED) is 0.243. The number of Topliss-reactive ketones (excluding diaryl/α,β-unsaturated/α-hetero) is 1. The number of allylic oxidation sites excluding steroid dienone is 1. The second-order valence-electron chi connectivity index (χ2n) is 5.63. The van der Waals surface area contributed by atoms with Gasteiger partial charge in [0.15, 0.2) is 0 Å². The van der Waals surface area contributed by atoms with E-state index < -0.39 is 17.9 Å². The molecule has 0 aliphatic carbocycles. The molecule has 0 aromatic rings. The number of carboxylic acid groups (broad SMARTS) is 1. The van der Waals surface area contributed by atoms with E-state index in [4.69, 9.17) is 10.2 Å². The molecule has 3 N–H and O–H groups in total. The minimum Gasteiger partial charge on any atom is -0.480 e. The van der Waals surface area contributed by atoms with Crippen LogP contribution in [0.2, 0.25) is 0 Å². The number of unbranched alkanes of at least 4 members (excludes halogenated alkanes) is 6. The molecule has 0 spiro atoms. The number of carboxylic acids is 1. The summed E-state index contributed by atoms with van der Waals surface area (Å²) in [4.78, 5) is 34.1. The van der Waals surface area contributed by atoms with Crippen molar-refractivity contribution in [2.24, 2.45) is 0 Å². The van der Waals surface area contributed by atoms with Gasteiger partial charge in [0.2, 0.25) is 5.91 Å². The fraction of sp³-hybridized carbons (Fsp3) is 0.706. The van der Waals surface area contributed by atoms with Crippen LogP contribution in [0, 0.1) is 0 Å². The molecule has 0 aromatic carbocycles. The Hall–Kier alpha value is -1.69. The van der Waals surface area contributed by atoms with Gasteiger partial charge >= 0.3 is 5.97 Å². The highest BCUT2D eigenvalue weighted by Gasteiger charge is 2.20. The zero-order valence-corrected chi connectivity index (χ0v) is 13.8. The van der Waals surface area contributed by atoms with Crippen molar-refractivity contribution < 1.29 is 24.6 Å². The maximum absolute atomic E-state index is 11.7. The van der Waals surface area contributed by atoms with Crippen LogP contribution in [0.1, 0.15) is 64.2 Å². The van der Waals surface area contributed by atoms with Crippen LogP contribution < -0.4 is 5.32 Å². The lowest BCUT2D eigenvalue weighted by atomic mass is 10.1. The SMILES string of the molecule is C=CCCCCCCCCC(=O)CC(=O)N[C@@H](CCO)C(=O)O. The smallest absolute Gasteiger partial charge is 0.326 e. The number of amides is 1. The van der Waals surface area contributed by atoms with Crippen LogP contribution in [0.15, 0.2) is 12.7 Å². The van der Waals surface area contributed by atoms with Gasteiger partial charge in [0, 0.05) is 19.4 Å². The topological polar surface area (TPSA) is 104 Å². The summed E-state index contributed by atoms with van der Waals surface area (Å²) in [6, 6.07) is -1.14. The Kier molecular flexibility index (Phi) is 12.9. The molecule has 1 atom stereocenters. The normalized spacial score (nSPS) is 11.7. The Morgan fingerprint density at radius 1 is 1.04 bits per heavy atom. The van der Waals surface area contributed by atoms with Crippen LogP contribution in [0.25, 0.3) is 0 Å². The Morgan fingerprint density at radius 2 is 1.65 bits per heavy atom. The van der Waals surface area contributed by atoms with E-state index in [9.17, 15) is 14.4 Å². The van der Waals surface area contributed by atoms with Gasteiger partial charge in [-0.1, -0.05) is 31.8 Å². The highest BCUT2D eigenvalue weighted by molar-refractivity contribution is 5.99. The van der Waals surface area contributed by atoms with Gasteiger partial charge in [-0.15, -0.1) is 6.58 Å². The van der Waals surface area contributed by atoms with Crippen molar-refractivity contribution in [3.63, 3.8) is 0 Å². The number of nitrogens with one attached hydrogen (secondary N) is 1. The maximum atomic E-state index is 11.7. The summed E-state index contributed by atoms with van der Waals surface area (Å²) in [5.74, 6) is -1.99. The molecular weight excluding hydrogens is 298 g/mol. The minimum atomic E-state index is -1.21. The monoisotopic (exact) mass is 327 g/mol. The molecule has 0 saturated heterocycles. The first-order valence-electron chi connectivity index (χ1n) is 8.26. The highest BCUT2D eigenvalue weighted by Crippen LogP contribution is 2.09. The molecule has 23 heavy (non-hydrogen) atoms. The van der Waals surface area contributed by atoms with Crippen LogP contribution in [0.5, 0.6) is 0 Å². The predicted octanol–water partition coefficient (Wildman–Crippen LogP) is 2.20. The molecular formula is C17H29NO5. The third-order valence-electron chi connectivity index (χ3n) is 3.52. The van der Waals surface area contributed by atoms with E-state index in [2.05, 4.69) is 11.9 Å². The van der Waals surface area contributed by atoms with Crippen molar-refractivity contribution in [3.8, 4) is 0 Å². The lowest BCUT2D eigenvalue weighted by Crippen LogP contribution is -2.42. The van der Waals surface area contributed by atoms with Gasteiger partial charge in [0.05, 0.1) is 6.42 Å². The molecule has 0 unspecified atom stereocenters. The van der Waals surface area contributed by atoms with Gasteiger partial charge in [0.25, 0.3) is 0 Å². The number of carbonyl (C=O) groups excluding carboxylic acids is 2. The first kappa shape index (κ1) is 21.3. The van der Waals surface area contributed by atoms with Crippen LogP contribution in [-0.4, -0.2) is 40.5 Å². The molecule has 0 aliphatic heterocycles. The average Bonchev–Trinajstić information content (AvgIpc) is 2.49. The maximum Gasteiger partial charge on any atom is 0.326 e. The van der Waals surface area contributed by atoms with E-state index in [1.54, 1.807) is 0 Å². The van der Waals surface area contributed by atoms with E-state index in [-0.39, 0.29) is 25.2 Å². The number of hydrogen-bond donors (Lipinski definition) is 3. The highest BCUT2D eigenvalue weighted by atomic mass is 16.4. The van der Waals surface area contributed by atoms with Gasteiger partial charge in [-0.25, -0.2) is 4.79 Å². The number of aliphatic hydroxyl groups is 1. The Morgan fingerprint density at radius 3 is 2.22 bits per heavy atom. The van der Waals surface area contributed by atoms with Crippen molar-refractivity contribution in [3.05, 3.63) is 12.7 Å². The lowest BCUT2D eigenvalue weighted by molar-refractivity contribution is -0.143. The molecule has 0 bridgehead atoms. The molecule has 0 aromatic heterocycles. The molecule has 0 fully saturated rings. The average molecular weight is 327 g/mol. The summed E-state index contributed by atoms with van der Waals surface area (Å²) in [5, 5.41) is 19.8. The fourth-order valence-corrected chi connectivity index (χ4v) is 2.22. The summed E-state index contributed by atoms with van der Waals surface area (Å²) in [5.41, 5.74) is 0. The molecule has 6 nitrogen and oxygen atoms in total. The van der Waals surface area contributed by atoms with E-state index >= 15 is 0 Å². The first-order valence-corrected chi connectivity index (χ1v) is 8.26. The van der Waals surface area contributed by atoms with Crippen LogP contribution in [0.4, 0.5) is 0 Å². The molecule has 1 amide bonds. The number of aliphatic carboxylic acids is 1. The van der Waals surface area contributed by atoms with E-state index in [0.29, 0.717) is 6.42 Å². The second-order valence-corrected chi connectivity index (χ2v) is 5.63. The zero-order valence-electron chi connectivity index (χ0n) is 13.8. The van der Waals surface area contributed by atoms with E-state index in [1.807, 2.05) is 6.08 Å². The lowest BCUT2D eigenvalue weighted by Gasteiger charge is -2.12. The zero-order chi connectivity index (χ0) is 17.5. The summed E-state index contributed by atoms with van der Waals surface area (Å²) < 4.78 is 0. The Labute approximate surface area is 138 Å². The largest absolute Gasteiger partial charge is 0.480 e. The summed E-state index contributed by atoms with van der Waals surface area (Å²) in [7, 11) is 0. The minimum absolute atomic E-state index is 0.0683. The van der Waals surface area contributed by atoms with Crippen LogP contribution >= 0.6 is 0 Å². The number of carbonyl (C=O) groups is 3. The summed E-state index contributed by atoms with van der Waals surface area (Å²) in [6.45, 7) is 3.34. The molecule has 132 valence electrons. The first-order chi connectivity index (χ1) is 11.0. The third-order valence-corrected chi connectivity index (χ3v) is 3.52. The van der Waals surface area contributed by atoms with Gasteiger partial charge in [-0.2, -0.15) is 0 Å². The fourth-order valence-electron chi connectivity index (χ4n) is 2.22. The van der Waals surface area contributed by atoms with Gasteiger partial charge in [0.1, 0.15) is 11.8 Å². The standard InChI is InChI=1S/C17H29NO5/c1-2-3-4-5-6-7-8-9-10-14(20)13-16(21)18-15(11-12-19)17(22)23/h2,15,19H,1,3-13H2,(H,18,21)(H,22,23)/t15-/m0/s1. The number of hydrogen-bond acceptors (Lipinski definition) is 4. The molecule has 0 aliphatic rings. The van der Waals surface area contributed by atoms with E-state index in [1.165, 1.54) is 6.42 Å². The molecule has 6 heteroatoms. The number of aliphatic hydroxyl groups excluding tert-OH is 1. The molecule has 0 rings (SSSR count). The van der Waals surface area contributed by atoms with Crippen molar-refractivity contribution in [2.45, 2.75) is 70.3 Å². The van der Waals surface area contributed by atoms with E-state index in [0.717, 1.165) is 38.5 Å². The molecule has 0 radical (unpaired) electrons. The Bertz CT molecular complexity index is 381. The predicted molar refractivity (Wildman–Crippen MR) is 88.0 cm³/mol. The van der Waals surface area contributed by atoms with Crippen molar-refractivity contribution in [1.29, 1.82) is 0 Å².